The fourth-order valence-electron chi connectivity index (χ4n) is 2.91. The van der Waals surface area contributed by atoms with E-state index in [1.54, 1.807) is 0 Å². The van der Waals surface area contributed by atoms with Gasteiger partial charge in [-0.15, -0.1) is 0 Å². The second-order valence-corrected chi connectivity index (χ2v) is 5.48. The molecule has 0 aromatic heterocycles. The molecule has 4 nitrogen and oxygen atoms in total. The molecule has 1 aliphatic heterocycles. The highest BCUT2D eigenvalue weighted by Gasteiger charge is 2.25. The molecule has 0 spiro atoms. The van der Waals surface area contributed by atoms with Crippen molar-refractivity contribution in [3.8, 4) is 0 Å². The summed E-state index contributed by atoms with van der Waals surface area (Å²) in [6.07, 6.45) is 6.37. The number of hydrogen-bond donors (Lipinski definition) is 1. The molecule has 4 heteroatoms. The van der Waals surface area contributed by atoms with E-state index in [1.165, 1.54) is 19.3 Å². The number of nitrogens with one attached hydrogen (secondary N) is 1. The van der Waals surface area contributed by atoms with Gasteiger partial charge >= 0.3 is 5.97 Å². The SMILES string of the molecule is CCC1CCCC(OC(=O)CC2COCCN2)C1. The molecule has 3 atom stereocenters. The third kappa shape index (κ3) is 4.25. The standard InChI is InChI=1S/C14H25NO3/c1-2-11-4-3-5-13(8-11)18-14(16)9-12-10-17-7-6-15-12/h11-13,15H,2-10H2,1H3. The van der Waals surface area contributed by atoms with Gasteiger partial charge in [-0.3, -0.25) is 4.79 Å². The van der Waals surface area contributed by atoms with Crippen LogP contribution in [-0.4, -0.2) is 37.9 Å². The first-order valence-electron chi connectivity index (χ1n) is 7.28. The van der Waals surface area contributed by atoms with Crippen molar-refractivity contribution in [1.82, 2.24) is 5.32 Å². The van der Waals surface area contributed by atoms with Crippen LogP contribution in [-0.2, 0) is 14.3 Å². The van der Waals surface area contributed by atoms with E-state index in [0.29, 0.717) is 13.0 Å². The van der Waals surface area contributed by atoms with E-state index in [-0.39, 0.29) is 18.1 Å². The number of morpholine rings is 1. The molecular formula is C14H25NO3. The number of carbonyl (C=O) groups excluding carboxylic acids is 1. The average molecular weight is 255 g/mol. The first-order valence-corrected chi connectivity index (χ1v) is 7.28. The van der Waals surface area contributed by atoms with Crippen molar-refractivity contribution in [2.75, 3.05) is 19.8 Å². The van der Waals surface area contributed by atoms with Crippen LogP contribution in [0.15, 0.2) is 0 Å². The highest BCUT2D eigenvalue weighted by molar-refractivity contribution is 5.70. The third-order valence-electron chi connectivity index (χ3n) is 4.02. The van der Waals surface area contributed by atoms with Gasteiger partial charge in [-0.2, -0.15) is 0 Å². The lowest BCUT2D eigenvalue weighted by Crippen LogP contribution is -2.43. The zero-order chi connectivity index (χ0) is 12.8. The molecule has 18 heavy (non-hydrogen) atoms. The first kappa shape index (κ1) is 13.8. The number of esters is 1. The Morgan fingerprint density at radius 2 is 2.33 bits per heavy atom. The van der Waals surface area contributed by atoms with E-state index >= 15 is 0 Å². The molecule has 0 aromatic carbocycles. The summed E-state index contributed by atoms with van der Waals surface area (Å²) in [7, 11) is 0. The first-order chi connectivity index (χ1) is 8.78. The van der Waals surface area contributed by atoms with E-state index in [4.69, 9.17) is 9.47 Å². The second kappa shape index (κ2) is 7.10. The molecular weight excluding hydrogens is 230 g/mol. The topological polar surface area (TPSA) is 47.6 Å². The number of carbonyl (C=O) groups is 1. The van der Waals surface area contributed by atoms with E-state index in [0.717, 1.165) is 31.9 Å². The Morgan fingerprint density at radius 1 is 1.44 bits per heavy atom. The van der Waals surface area contributed by atoms with Crippen molar-refractivity contribution in [1.29, 1.82) is 0 Å². The Morgan fingerprint density at radius 3 is 3.06 bits per heavy atom. The number of rotatable bonds is 4. The summed E-state index contributed by atoms with van der Waals surface area (Å²) in [6.45, 7) is 4.42. The van der Waals surface area contributed by atoms with Crippen molar-refractivity contribution in [2.24, 2.45) is 5.92 Å². The summed E-state index contributed by atoms with van der Waals surface area (Å²) in [5.74, 6) is 0.674. The van der Waals surface area contributed by atoms with Crippen LogP contribution in [0.4, 0.5) is 0 Å². The van der Waals surface area contributed by atoms with Crippen LogP contribution in [0.2, 0.25) is 0 Å². The van der Waals surface area contributed by atoms with Gasteiger partial charge in [0.15, 0.2) is 0 Å². The van der Waals surface area contributed by atoms with E-state index in [9.17, 15) is 4.79 Å². The molecule has 3 unspecified atom stereocenters. The van der Waals surface area contributed by atoms with Gasteiger partial charge in [-0.25, -0.2) is 0 Å². The summed E-state index contributed by atoms with van der Waals surface area (Å²) < 4.78 is 10.9. The number of ether oxygens (including phenoxy) is 2. The van der Waals surface area contributed by atoms with E-state index in [1.807, 2.05) is 0 Å². The van der Waals surface area contributed by atoms with Crippen LogP contribution in [0.3, 0.4) is 0 Å². The van der Waals surface area contributed by atoms with E-state index in [2.05, 4.69) is 12.2 Å². The second-order valence-electron chi connectivity index (χ2n) is 5.48. The molecule has 2 fully saturated rings. The average Bonchev–Trinajstić information content (AvgIpc) is 2.40. The fraction of sp³-hybridized carbons (Fsp3) is 0.929. The fourth-order valence-corrected chi connectivity index (χ4v) is 2.91. The van der Waals surface area contributed by atoms with Gasteiger partial charge in [0.2, 0.25) is 0 Å². The highest BCUT2D eigenvalue weighted by Crippen LogP contribution is 2.28. The lowest BCUT2D eigenvalue weighted by molar-refractivity contribution is -0.152. The summed E-state index contributed by atoms with van der Waals surface area (Å²) in [6, 6.07) is 0.136. The Hall–Kier alpha value is -0.610. The van der Waals surface area contributed by atoms with Crippen molar-refractivity contribution in [3.63, 3.8) is 0 Å². The molecule has 1 N–H and O–H groups in total. The predicted octanol–water partition coefficient (Wildman–Crippen LogP) is 1.88. The molecule has 1 saturated carbocycles. The van der Waals surface area contributed by atoms with Gasteiger partial charge in [-0.05, 0) is 25.2 Å². The Balaban J connectivity index is 1.69. The maximum Gasteiger partial charge on any atom is 0.307 e. The summed E-state index contributed by atoms with van der Waals surface area (Å²) in [5, 5.41) is 3.28. The normalized spacial score (nSPS) is 33.1. The van der Waals surface area contributed by atoms with E-state index < -0.39 is 0 Å². The van der Waals surface area contributed by atoms with Crippen LogP contribution in [0.5, 0.6) is 0 Å². The minimum absolute atomic E-state index is 0.0697. The zero-order valence-corrected chi connectivity index (χ0v) is 11.3. The number of hydrogen-bond acceptors (Lipinski definition) is 4. The molecule has 2 rings (SSSR count). The Kier molecular flexibility index (Phi) is 5.45. The maximum absolute atomic E-state index is 11.9. The largest absolute Gasteiger partial charge is 0.462 e. The Bertz CT molecular complexity index is 264. The van der Waals surface area contributed by atoms with Crippen LogP contribution >= 0.6 is 0 Å². The summed E-state index contributed by atoms with van der Waals surface area (Å²) in [4.78, 5) is 11.9. The van der Waals surface area contributed by atoms with Crippen molar-refractivity contribution >= 4 is 5.97 Å². The minimum atomic E-state index is -0.0697. The molecule has 1 aliphatic carbocycles. The van der Waals surface area contributed by atoms with Crippen LogP contribution < -0.4 is 5.32 Å². The molecule has 0 bridgehead atoms. The van der Waals surface area contributed by atoms with Gasteiger partial charge < -0.3 is 14.8 Å². The molecule has 2 aliphatic rings. The monoisotopic (exact) mass is 255 g/mol. The molecule has 104 valence electrons. The quantitative estimate of drug-likeness (QED) is 0.779. The van der Waals surface area contributed by atoms with Gasteiger partial charge in [0.25, 0.3) is 0 Å². The van der Waals surface area contributed by atoms with Gasteiger partial charge in [0.1, 0.15) is 6.10 Å². The van der Waals surface area contributed by atoms with Gasteiger partial charge in [0.05, 0.1) is 19.6 Å². The lowest BCUT2D eigenvalue weighted by atomic mass is 9.85. The van der Waals surface area contributed by atoms with Crippen LogP contribution in [0, 0.1) is 5.92 Å². The summed E-state index contributed by atoms with van der Waals surface area (Å²) in [5.41, 5.74) is 0. The molecule has 0 radical (unpaired) electrons. The van der Waals surface area contributed by atoms with Gasteiger partial charge in [0, 0.05) is 12.6 Å². The van der Waals surface area contributed by atoms with Crippen LogP contribution in [0.1, 0.15) is 45.4 Å². The summed E-state index contributed by atoms with van der Waals surface area (Å²) >= 11 is 0. The van der Waals surface area contributed by atoms with Gasteiger partial charge in [-0.1, -0.05) is 19.8 Å². The predicted molar refractivity (Wildman–Crippen MR) is 69.4 cm³/mol. The third-order valence-corrected chi connectivity index (χ3v) is 4.02. The smallest absolute Gasteiger partial charge is 0.307 e. The molecule has 0 amide bonds. The highest BCUT2D eigenvalue weighted by atomic mass is 16.5. The van der Waals surface area contributed by atoms with Crippen molar-refractivity contribution in [3.05, 3.63) is 0 Å². The molecule has 1 heterocycles. The maximum atomic E-state index is 11.9. The Labute approximate surface area is 109 Å². The molecule has 0 aromatic rings. The molecule has 1 saturated heterocycles. The minimum Gasteiger partial charge on any atom is -0.462 e. The van der Waals surface area contributed by atoms with Crippen molar-refractivity contribution < 1.29 is 14.3 Å². The van der Waals surface area contributed by atoms with Crippen molar-refractivity contribution in [2.45, 2.75) is 57.6 Å². The zero-order valence-electron chi connectivity index (χ0n) is 11.3. The lowest BCUT2D eigenvalue weighted by Gasteiger charge is -2.29. The van der Waals surface area contributed by atoms with Crippen LogP contribution in [0.25, 0.3) is 0 Å².